The molecule has 2 heterocycles. The summed E-state index contributed by atoms with van der Waals surface area (Å²) in [6.45, 7) is 6.24. The lowest BCUT2D eigenvalue weighted by molar-refractivity contribution is -0.142. The van der Waals surface area contributed by atoms with Crippen molar-refractivity contribution >= 4 is 11.6 Å². The first-order valence-corrected chi connectivity index (χ1v) is 8.22. The summed E-state index contributed by atoms with van der Waals surface area (Å²) in [5.41, 5.74) is 8.18. The Balaban J connectivity index is 1.56. The van der Waals surface area contributed by atoms with Gasteiger partial charge < -0.3 is 15.4 Å². The SMILES string of the molecule is Cc1c(N)cc(F)cc1CN1CCN(C(=O)C2CCCO2)CC1. The predicted octanol–water partition coefficient (Wildman–Crippen LogP) is 1.54. The van der Waals surface area contributed by atoms with E-state index in [0.29, 0.717) is 31.9 Å². The molecule has 0 aliphatic carbocycles. The number of ether oxygens (including phenoxy) is 1. The van der Waals surface area contributed by atoms with Gasteiger partial charge >= 0.3 is 0 Å². The molecule has 23 heavy (non-hydrogen) atoms. The van der Waals surface area contributed by atoms with Gasteiger partial charge in [-0.15, -0.1) is 0 Å². The lowest BCUT2D eigenvalue weighted by Crippen LogP contribution is -2.51. The Hall–Kier alpha value is -1.66. The average Bonchev–Trinajstić information content (AvgIpc) is 3.06. The predicted molar refractivity (Wildman–Crippen MR) is 86.4 cm³/mol. The zero-order valence-corrected chi connectivity index (χ0v) is 13.6. The fourth-order valence-electron chi connectivity index (χ4n) is 3.27. The molecule has 3 rings (SSSR count). The van der Waals surface area contributed by atoms with E-state index in [1.165, 1.54) is 6.07 Å². The summed E-state index contributed by atoms with van der Waals surface area (Å²) in [6.07, 6.45) is 1.56. The normalized spacial score (nSPS) is 22.5. The molecule has 1 aromatic carbocycles. The van der Waals surface area contributed by atoms with E-state index in [2.05, 4.69) is 4.90 Å². The van der Waals surface area contributed by atoms with Gasteiger partial charge in [-0.3, -0.25) is 9.69 Å². The average molecular weight is 321 g/mol. The Morgan fingerprint density at radius 3 is 2.74 bits per heavy atom. The second-order valence-corrected chi connectivity index (χ2v) is 6.38. The van der Waals surface area contributed by atoms with Crippen molar-refractivity contribution < 1.29 is 13.9 Å². The van der Waals surface area contributed by atoms with Crippen LogP contribution in [0.4, 0.5) is 10.1 Å². The van der Waals surface area contributed by atoms with Crippen LogP contribution in [0.15, 0.2) is 12.1 Å². The van der Waals surface area contributed by atoms with Crippen LogP contribution in [0.2, 0.25) is 0 Å². The van der Waals surface area contributed by atoms with Crippen molar-refractivity contribution in [1.82, 2.24) is 9.80 Å². The molecule has 2 saturated heterocycles. The molecular formula is C17H24FN3O2. The summed E-state index contributed by atoms with van der Waals surface area (Å²) < 4.78 is 19.0. The van der Waals surface area contributed by atoms with E-state index in [9.17, 15) is 9.18 Å². The number of hydrogen-bond acceptors (Lipinski definition) is 4. The van der Waals surface area contributed by atoms with Crippen LogP contribution in [0, 0.1) is 12.7 Å². The molecule has 6 heteroatoms. The molecule has 126 valence electrons. The third kappa shape index (κ3) is 3.64. The van der Waals surface area contributed by atoms with Crippen molar-refractivity contribution in [2.75, 3.05) is 38.5 Å². The number of nitrogen functional groups attached to an aromatic ring is 1. The smallest absolute Gasteiger partial charge is 0.251 e. The van der Waals surface area contributed by atoms with E-state index in [-0.39, 0.29) is 17.8 Å². The van der Waals surface area contributed by atoms with Crippen LogP contribution in [0.1, 0.15) is 24.0 Å². The number of nitrogens with two attached hydrogens (primary N) is 1. The minimum absolute atomic E-state index is 0.119. The van der Waals surface area contributed by atoms with E-state index in [4.69, 9.17) is 10.5 Å². The number of amides is 1. The van der Waals surface area contributed by atoms with Crippen LogP contribution in [0.25, 0.3) is 0 Å². The van der Waals surface area contributed by atoms with Gasteiger partial charge in [0.15, 0.2) is 0 Å². The van der Waals surface area contributed by atoms with Crippen molar-refractivity contribution in [1.29, 1.82) is 0 Å². The zero-order valence-electron chi connectivity index (χ0n) is 13.6. The number of carbonyl (C=O) groups is 1. The van der Waals surface area contributed by atoms with Crippen LogP contribution in [0.3, 0.4) is 0 Å². The number of halogens is 1. The van der Waals surface area contributed by atoms with Crippen molar-refractivity contribution in [3.05, 3.63) is 29.1 Å². The Kier molecular flexibility index (Phi) is 4.82. The molecule has 0 spiro atoms. The van der Waals surface area contributed by atoms with Gasteiger partial charge in [-0.25, -0.2) is 4.39 Å². The molecule has 2 N–H and O–H groups in total. The van der Waals surface area contributed by atoms with Crippen molar-refractivity contribution in [3.8, 4) is 0 Å². The topological polar surface area (TPSA) is 58.8 Å². The highest BCUT2D eigenvalue weighted by Crippen LogP contribution is 2.21. The Morgan fingerprint density at radius 2 is 2.09 bits per heavy atom. The lowest BCUT2D eigenvalue weighted by atomic mass is 10.1. The second-order valence-electron chi connectivity index (χ2n) is 6.38. The van der Waals surface area contributed by atoms with E-state index in [0.717, 1.165) is 37.1 Å². The lowest BCUT2D eigenvalue weighted by Gasteiger charge is -2.36. The quantitative estimate of drug-likeness (QED) is 0.858. The van der Waals surface area contributed by atoms with Gasteiger partial charge in [0.25, 0.3) is 5.91 Å². The Labute approximate surface area is 136 Å². The summed E-state index contributed by atoms with van der Waals surface area (Å²) in [6, 6.07) is 2.91. The molecule has 0 saturated carbocycles. The third-order valence-electron chi connectivity index (χ3n) is 4.80. The fourth-order valence-corrected chi connectivity index (χ4v) is 3.27. The first-order chi connectivity index (χ1) is 11.0. The summed E-state index contributed by atoms with van der Waals surface area (Å²) in [7, 11) is 0. The molecule has 1 unspecified atom stereocenters. The molecule has 1 amide bonds. The van der Waals surface area contributed by atoms with Crippen molar-refractivity contribution in [2.45, 2.75) is 32.4 Å². The van der Waals surface area contributed by atoms with Gasteiger partial charge in [-0.2, -0.15) is 0 Å². The van der Waals surface area contributed by atoms with Crippen LogP contribution in [0.5, 0.6) is 0 Å². The van der Waals surface area contributed by atoms with Crippen molar-refractivity contribution in [2.24, 2.45) is 0 Å². The number of anilines is 1. The summed E-state index contributed by atoms with van der Waals surface area (Å²) >= 11 is 0. The first-order valence-electron chi connectivity index (χ1n) is 8.22. The first kappa shape index (κ1) is 16.2. The summed E-state index contributed by atoms with van der Waals surface area (Å²) in [5.74, 6) is -0.177. The van der Waals surface area contributed by atoms with Crippen LogP contribution in [-0.2, 0) is 16.1 Å². The van der Waals surface area contributed by atoms with Gasteiger partial charge in [0, 0.05) is 45.0 Å². The molecule has 2 aliphatic heterocycles. The number of nitrogens with zero attached hydrogens (tertiary/aromatic N) is 2. The molecule has 2 aliphatic rings. The number of hydrogen-bond donors (Lipinski definition) is 1. The maximum absolute atomic E-state index is 13.5. The van der Waals surface area contributed by atoms with Crippen molar-refractivity contribution in [3.63, 3.8) is 0 Å². The molecule has 0 bridgehead atoms. The van der Waals surface area contributed by atoms with Gasteiger partial charge in [-0.05, 0) is 43.0 Å². The van der Waals surface area contributed by atoms with E-state index in [1.807, 2.05) is 11.8 Å². The minimum Gasteiger partial charge on any atom is -0.398 e. The van der Waals surface area contributed by atoms with Crippen LogP contribution < -0.4 is 5.73 Å². The maximum atomic E-state index is 13.5. The van der Waals surface area contributed by atoms with E-state index < -0.39 is 0 Å². The number of rotatable bonds is 3. The largest absolute Gasteiger partial charge is 0.398 e. The summed E-state index contributed by atoms with van der Waals surface area (Å²) in [4.78, 5) is 16.4. The number of carbonyl (C=O) groups excluding carboxylic acids is 1. The Morgan fingerprint density at radius 1 is 1.35 bits per heavy atom. The van der Waals surface area contributed by atoms with Gasteiger partial charge in [0.05, 0.1) is 0 Å². The zero-order chi connectivity index (χ0) is 16.4. The second kappa shape index (κ2) is 6.84. The number of piperazine rings is 1. The molecule has 1 aromatic rings. The number of benzene rings is 1. The Bertz CT molecular complexity index is 579. The van der Waals surface area contributed by atoms with E-state index >= 15 is 0 Å². The van der Waals surface area contributed by atoms with Gasteiger partial charge in [-0.1, -0.05) is 0 Å². The highest BCUT2D eigenvalue weighted by molar-refractivity contribution is 5.81. The fraction of sp³-hybridized carbons (Fsp3) is 0.588. The molecule has 1 atom stereocenters. The highest BCUT2D eigenvalue weighted by atomic mass is 19.1. The molecule has 5 nitrogen and oxygen atoms in total. The summed E-state index contributed by atoms with van der Waals surface area (Å²) in [5, 5.41) is 0. The minimum atomic E-state index is -0.296. The molecule has 2 fully saturated rings. The standard InChI is InChI=1S/C17H24FN3O2/c1-12-13(9-14(18)10-15(12)19)11-20-4-6-21(7-5-20)17(22)16-3-2-8-23-16/h9-10,16H,2-8,11,19H2,1H3. The third-order valence-corrected chi connectivity index (χ3v) is 4.80. The molecular weight excluding hydrogens is 297 g/mol. The maximum Gasteiger partial charge on any atom is 0.251 e. The van der Waals surface area contributed by atoms with Crippen LogP contribution >= 0.6 is 0 Å². The highest BCUT2D eigenvalue weighted by Gasteiger charge is 2.30. The monoisotopic (exact) mass is 321 g/mol. The van der Waals surface area contributed by atoms with Crippen LogP contribution in [-0.4, -0.2) is 54.6 Å². The van der Waals surface area contributed by atoms with Gasteiger partial charge in [0.1, 0.15) is 11.9 Å². The molecule has 0 aromatic heterocycles. The molecule has 0 radical (unpaired) electrons. The van der Waals surface area contributed by atoms with Gasteiger partial charge in [0.2, 0.25) is 0 Å². The van der Waals surface area contributed by atoms with E-state index in [1.54, 1.807) is 6.07 Å².